The maximum Gasteiger partial charge on any atom is 0.271 e. The van der Waals surface area contributed by atoms with Gasteiger partial charge in [-0.15, -0.1) is 11.3 Å². The predicted octanol–water partition coefficient (Wildman–Crippen LogP) is 4.02. The number of nitrogens with one attached hydrogen (secondary N) is 2. The molecule has 2 N–H and O–H groups in total. The van der Waals surface area contributed by atoms with E-state index in [-0.39, 0.29) is 10.1 Å². The smallest absolute Gasteiger partial charge is 0.271 e. The van der Waals surface area contributed by atoms with Gasteiger partial charge in [-0.05, 0) is 47.7 Å². The fourth-order valence-electron chi connectivity index (χ4n) is 2.71. The Morgan fingerprint density at radius 3 is 2.55 bits per heavy atom. The van der Waals surface area contributed by atoms with E-state index in [2.05, 4.69) is 10.0 Å². The average Bonchev–Trinajstić information content (AvgIpc) is 3.27. The Labute approximate surface area is 174 Å². The summed E-state index contributed by atoms with van der Waals surface area (Å²) in [5, 5.41) is 4.58. The molecule has 1 amide bonds. The van der Waals surface area contributed by atoms with Crippen molar-refractivity contribution in [3.05, 3.63) is 82.7 Å². The molecule has 1 heterocycles. The van der Waals surface area contributed by atoms with Crippen molar-refractivity contribution in [3.8, 4) is 0 Å². The number of carbonyl (C=O) groups excluding carboxylic acids is 1. The van der Waals surface area contributed by atoms with E-state index in [0.717, 1.165) is 22.5 Å². The third-order valence-corrected chi connectivity index (χ3v) is 6.94. The molecule has 0 unspecified atom stereocenters. The molecule has 0 bridgehead atoms. The first-order valence-electron chi connectivity index (χ1n) is 9.08. The molecule has 0 spiro atoms. The molecule has 152 valence electrons. The van der Waals surface area contributed by atoms with Gasteiger partial charge < -0.3 is 10.1 Å². The van der Waals surface area contributed by atoms with Crippen LogP contribution in [-0.4, -0.2) is 20.9 Å². The van der Waals surface area contributed by atoms with E-state index in [1.807, 2.05) is 31.2 Å². The second-order valence-corrected chi connectivity index (χ2v) is 9.06. The van der Waals surface area contributed by atoms with Crippen molar-refractivity contribution in [3.63, 3.8) is 0 Å². The Bertz CT molecular complexity index is 1060. The van der Waals surface area contributed by atoms with Gasteiger partial charge in [0, 0.05) is 24.4 Å². The van der Waals surface area contributed by atoms with Gasteiger partial charge in [-0.3, -0.25) is 9.52 Å². The molecule has 0 atom stereocenters. The maximum absolute atomic E-state index is 12.6. The van der Waals surface area contributed by atoms with Crippen LogP contribution in [0.15, 0.2) is 70.3 Å². The standard InChI is InChI=1S/C21H22N2O4S2/c1-2-27-15-18-8-4-3-7-17(18)14-22-21(24)16-9-5-10-19(13-16)23-29(25,26)20-11-6-12-28-20/h3-13,23H,2,14-15H2,1H3,(H,22,24). The number of benzene rings is 2. The summed E-state index contributed by atoms with van der Waals surface area (Å²) in [4.78, 5) is 12.6. The molecule has 0 fully saturated rings. The van der Waals surface area contributed by atoms with Gasteiger partial charge in [-0.2, -0.15) is 0 Å². The van der Waals surface area contributed by atoms with Crippen LogP contribution in [0, 0.1) is 0 Å². The van der Waals surface area contributed by atoms with E-state index < -0.39 is 10.0 Å². The molecule has 2 aromatic carbocycles. The van der Waals surface area contributed by atoms with Crippen molar-refractivity contribution >= 4 is 33.0 Å². The Hall–Kier alpha value is -2.68. The number of anilines is 1. The molecule has 1 aromatic heterocycles. The third-order valence-electron chi connectivity index (χ3n) is 4.16. The van der Waals surface area contributed by atoms with Crippen LogP contribution >= 0.6 is 11.3 Å². The molecule has 3 aromatic rings. The number of hydrogen-bond acceptors (Lipinski definition) is 5. The van der Waals surface area contributed by atoms with Gasteiger partial charge in [0.25, 0.3) is 15.9 Å². The quantitative estimate of drug-likeness (QED) is 0.537. The van der Waals surface area contributed by atoms with Crippen LogP contribution in [0.3, 0.4) is 0 Å². The van der Waals surface area contributed by atoms with Gasteiger partial charge in [-0.1, -0.05) is 36.4 Å². The largest absolute Gasteiger partial charge is 0.377 e. The second kappa shape index (κ2) is 9.69. The zero-order valence-electron chi connectivity index (χ0n) is 15.9. The summed E-state index contributed by atoms with van der Waals surface area (Å²) < 4.78 is 32.9. The summed E-state index contributed by atoms with van der Waals surface area (Å²) in [5.74, 6) is -0.284. The number of amides is 1. The van der Waals surface area contributed by atoms with Crippen molar-refractivity contribution in [2.24, 2.45) is 0 Å². The molecule has 0 saturated carbocycles. The number of rotatable bonds is 9. The number of thiophene rings is 1. The van der Waals surface area contributed by atoms with Crippen LogP contribution in [0.4, 0.5) is 5.69 Å². The molecule has 6 nitrogen and oxygen atoms in total. The van der Waals surface area contributed by atoms with E-state index >= 15 is 0 Å². The van der Waals surface area contributed by atoms with Crippen LogP contribution in [0.1, 0.15) is 28.4 Å². The normalized spacial score (nSPS) is 11.2. The Morgan fingerprint density at radius 2 is 1.83 bits per heavy atom. The van der Waals surface area contributed by atoms with Crippen molar-refractivity contribution in [2.45, 2.75) is 24.3 Å². The van der Waals surface area contributed by atoms with Crippen molar-refractivity contribution in [1.82, 2.24) is 5.32 Å². The predicted molar refractivity (Wildman–Crippen MR) is 115 cm³/mol. The highest BCUT2D eigenvalue weighted by Gasteiger charge is 2.16. The minimum atomic E-state index is -3.66. The zero-order valence-corrected chi connectivity index (χ0v) is 17.6. The third kappa shape index (κ3) is 5.66. The van der Waals surface area contributed by atoms with Gasteiger partial charge >= 0.3 is 0 Å². The van der Waals surface area contributed by atoms with E-state index in [0.29, 0.717) is 31.0 Å². The Morgan fingerprint density at radius 1 is 1.03 bits per heavy atom. The average molecular weight is 431 g/mol. The van der Waals surface area contributed by atoms with Gasteiger partial charge in [0.15, 0.2) is 0 Å². The minimum absolute atomic E-state index is 0.221. The zero-order chi connectivity index (χ0) is 20.7. The summed E-state index contributed by atoms with van der Waals surface area (Å²) >= 11 is 1.13. The van der Waals surface area contributed by atoms with Crippen molar-refractivity contribution in [2.75, 3.05) is 11.3 Å². The summed E-state index contributed by atoms with van der Waals surface area (Å²) in [6.45, 7) is 3.40. The highest BCUT2D eigenvalue weighted by Crippen LogP contribution is 2.21. The maximum atomic E-state index is 12.6. The number of ether oxygens (including phenoxy) is 1. The highest BCUT2D eigenvalue weighted by atomic mass is 32.2. The minimum Gasteiger partial charge on any atom is -0.377 e. The second-order valence-electron chi connectivity index (χ2n) is 6.21. The summed E-state index contributed by atoms with van der Waals surface area (Å²) in [6.07, 6.45) is 0. The fraction of sp³-hybridized carbons (Fsp3) is 0.190. The van der Waals surface area contributed by atoms with Crippen LogP contribution in [0.5, 0.6) is 0 Å². The lowest BCUT2D eigenvalue weighted by Gasteiger charge is -2.12. The summed E-state index contributed by atoms with van der Waals surface area (Å²) in [6, 6.07) is 17.4. The van der Waals surface area contributed by atoms with Gasteiger partial charge in [0.2, 0.25) is 0 Å². The molecular weight excluding hydrogens is 408 g/mol. The van der Waals surface area contributed by atoms with E-state index in [4.69, 9.17) is 4.74 Å². The van der Waals surface area contributed by atoms with E-state index in [9.17, 15) is 13.2 Å². The van der Waals surface area contributed by atoms with Crippen LogP contribution in [0.2, 0.25) is 0 Å². The molecule has 3 rings (SSSR count). The van der Waals surface area contributed by atoms with Crippen LogP contribution < -0.4 is 10.0 Å². The lowest BCUT2D eigenvalue weighted by atomic mass is 10.1. The molecule has 0 aliphatic rings. The highest BCUT2D eigenvalue weighted by molar-refractivity contribution is 7.94. The van der Waals surface area contributed by atoms with Crippen LogP contribution in [0.25, 0.3) is 0 Å². The molecular formula is C21H22N2O4S2. The molecule has 0 aliphatic heterocycles. The monoisotopic (exact) mass is 430 g/mol. The van der Waals surface area contributed by atoms with Gasteiger partial charge in [-0.25, -0.2) is 8.42 Å². The van der Waals surface area contributed by atoms with E-state index in [1.165, 1.54) is 12.1 Å². The molecule has 0 radical (unpaired) electrons. The summed E-state index contributed by atoms with van der Waals surface area (Å²) in [7, 11) is -3.66. The Balaban J connectivity index is 1.67. The lowest BCUT2D eigenvalue weighted by molar-refractivity contribution is 0.0950. The lowest BCUT2D eigenvalue weighted by Crippen LogP contribution is -2.23. The first-order valence-corrected chi connectivity index (χ1v) is 11.4. The molecule has 29 heavy (non-hydrogen) atoms. The summed E-state index contributed by atoms with van der Waals surface area (Å²) in [5.41, 5.74) is 2.71. The first kappa shape index (κ1) is 21.0. The van der Waals surface area contributed by atoms with Crippen molar-refractivity contribution < 1.29 is 17.9 Å². The number of sulfonamides is 1. The molecule has 0 aliphatic carbocycles. The van der Waals surface area contributed by atoms with E-state index in [1.54, 1.807) is 29.6 Å². The number of hydrogen-bond donors (Lipinski definition) is 2. The molecule has 0 saturated heterocycles. The Kier molecular flexibility index (Phi) is 7.03. The van der Waals surface area contributed by atoms with Crippen molar-refractivity contribution in [1.29, 1.82) is 0 Å². The number of carbonyl (C=O) groups is 1. The SMILES string of the molecule is CCOCc1ccccc1CNC(=O)c1cccc(NS(=O)(=O)c2cccs2)c1. The van der Waals surface area contributed by atoms with Crippen LogP contribution in [-0.2, 0) is 27.9 Å². The van der Waals surface area contributed by atoms with Gasteiger partial charge in [0.1, 0.15) is 4.21 Å². The fourth-order valence-corrected chi connectivity index (χ4v) is 4.75. The molecule has 8 heteroatoms. The topological polar surface area (TPSA) is 84.5 Å². The first-order chi connectivity index (χ1) is 14.0. The van der Waals surface area contributed by atoms with Gasteiger partial charge in [0.05, 0.1) is 6.61 Å².